The number of carbonyl (C=O) groups excluding carboxylic acids is 1. The third-order valence-electron chi connectivity index (χ3n) is 2.58. The molecule has 0 aromatic heterocycles. The lowest BCUT2D eigenvalue weighted by Gasteiger charge is -2.05. The number of carbonyl (C=O) groups is 1. The Kier molecular flexibility index (Phi) is 2.59. The van der Waals surface area contributed by atoms with E-state index in [0.29, 0.717) is 5.56 Å². The van der Waals surface area contributed by atoms with Crippen LogP contribution in [0.3, 0.4) is 0 Å². The molecule has 0 spiro atoms. The van der Waals surface area contributed by atoms with Crippen LogP contribution in [-0.4, -0.2) is 13.1 Å². The molecule has 1 aromatic rings. The third kappa shape index (κ3) is 1.57. The summed E-state index contributed by atoms with van der Waals surface area (Å²) in [6.07, 6.45) is 3.36. The molecule has 0 saturated carbocycles. The van der Waals surface area contributed by atoms with Gasteiger partial charge in [-0.15, -0.1) is 0 Å². The second kappa shape index (κ2) is 3.73. The number of benzene rings is 1. The fraction of sp³-hybridized carbons (Fsp3) is 0.364. The van der Waals surface area contributed by atoms with Crippen LogP contribution in [0.5, 0.6) is 0 Å². The van der Waals surface area contributed by atoms with Gasteiger partial charge in [-0.05, 0) is 42.5 Å². The topological polar surface area (TPSA) is 26.3 Å². The van der Waals surface area contributed by atoms with E-state index in [2.05, 4.69) is 15.9 Å². The van der Waals surface area contributed by atoms with Gasteiger partial charge >= 0.3 is 5.97 Å². The molecule has 0 unspecified atom stereocenters. The van der Waals surface area contributed by atoms with Gasteiger partial charge in [0.15, 0.2) is 0 Å². The minimum Gasteiger partial charge on any atom is -0.465 e. The fourth-order valence-electron chi connectivity index (χ4n) is 1.89. The predicted molar refractivity (Wildman–Crippen MR) is 57.5 cm³/mol. The monoisotopic (exact) mass is 254 g/mol. The lowest BCUT2D eigenvalue weighted by atomic mass is 10.1. The zero-order valence-corrected chi connectivity index (χ0v) is 9.56. The van der Waals surface area contributed by atoms with E-state index in [4.69, 9.17) is 4.74 Å². The molecule has 1 aliphatic rings. The van der Waals surface area contributed by atoms with Gasteiger partial charge in [-0.2, -0.15) is 0 Å². The van der Waals surface area contributed by atoms with E-state index in [0.717, 1.165) is 17.3 Å². The summed E-state index contributed by atoms with van der Waals surface area (Å²) in [4.78, 5) is 11.3. The minimum atomic E-state index is -0.264. The molecule has 0 atom stereocenters. The average molecular weight is 255 g/mol. The molecule has 2 rings (SSSR count). The molecule has 2 nitrogen and oxygen atoms in total. The van der Waals surface area contributed by atoms with E-state index in [9.17, 15) is 4.79 Å². The molecular formula is C11H11BrO2. The minimum absolute atomic E-state index is 0.264. The number of hydrogen-bond donors (Lipinski definition) is 0. The fourth-order valence-corrected chi connectivity index (χ4v) is 2.59. The Hall–Kier alpha value is -0.830. The molecule has 0 fully saturated rings. The Morgan fingerprint density at radius 2 is 2.21 bits per heavy atom. The Bertz CT molecular complexity index is 385. The Balaban J connectivity index is 2.46. The van der Waals surface area contributed by atoms with Crippen LogP contribution in [0.1, 0.15) is 27.9 Å². The lowest BCUT2D eigenvalue weighted by Crippen LogP contribution is -2.02. The predicted octanol–water partition coefficient (Wildman–Crippen LogP) is 2.72. The summed E-state index contributed by atoms with van der Waals surface area (Å²) in [5.41, 5.74) is 3.26. The maximum atomic E-state index is 11.3. The molecule has 0 heterocycles. The summed E-state index contributed by atoms with van der Waals surface area (Å²) < 4.78 is 5.73. The van der Waals surface area contributed by atoms with Crippen LogP contribution in [0.25, 0.3) is 0 Å². The van der Waals surface area contributed by atoms with Gasteiger partial charge in [-0.1, -0.05) is 15.9 Å². The van der Waals surface area contributed by atoms with Crippen molar-refractivity contribution < 1.29 is 9.53 Å². The summed E-state index contributed by atoms with van der Waals surface area (Å²) in [6, 6.07) is 3.79. The SMILES string of the molecule is COC(=O)c1cc(Br)c2c(c1)CCC2. The van der Waals surface area contributed by atoms with Crippen molar-refractivity contribution in [3.63, 3.8) is 0 Å². The van der Waals surface area contributed by atoms with Crippen LogP contribution in [0.4, 0.5) is 0 Å². The zero-order valence-electron chi connectivity index (χ0n) is 7.97. The summed E-state index contributed by atoms with van der Waals surface area (Å²) in [6.45, 7) is 0. The van der Waals surface area contributed by atoms with Crippen LogP contribution < -0.4 is 0 Å². The number of esters is 1. The van der Waals surface area contributed by atoms with Gasteiger partial charge < -0.3 is 4.74 Å². The normalized spacial score (nSPS) is 13.9. The summed E-state index contributed by atoms with van der Waals surface area (Å²) in [5.74, 6) is -0.264. The van der Waals surface area contributed by atoms with Gasteiger partial charge in [0.2, 0.25) is 0 Å². The number of ether oxygens (including phenoxy) is 1. The summed E-state index contributed by atoms with van der Waals surface area (Å²) in [7, 11) is 1.41. The molecule has 1 aromatic carbocycles. The van der Waals surface area contributed by atoms with Crippen molar-refractivity contribution in [1.82, 2.24) is 0 Å². The van der Waals surface area contributed by atoms with Crippen molar-refractivity contribution in [1.29, 1.82) is 0 Å². The van der Waals surface area contributed by atoms with Gasteiger partial charge in [0.25, 0.3) is 0 Å². The van der Waals surface area contributed by atoms with Crippen LogP contribution >= 0.6 is 15.9 Å². The molecule has 0 amide bonds. The second-order valence-corrected chi connectivity index (χ2v) is 4.30. The van der Waals surface area contributed by atoms with E-state index < -0.39 is 0 Å². The van der Waals surface area contributed by atoms with Crippen LogP contribution in [-0.2, 0) is 17.6 Å². The number of halogens is 1. The lowest BCUT2D eigenvalue weighted by molar-refractivity contribution is 0.0600. The quantitative estimate of drug-likeness (QED) is 0.721. The van der Waals surface area contributed by atoms with Gasteiger partial charge in [-0.25, -0.2) is 4.79 Å². The van der Waals surface area contributed by atoms with Gasteiger partial charge in [0.05, 0.1) is 12.7 Å². The molecule has 14 heavy (non-hydrogen) atoms. The van der Waals surface area contributed by atoms with E-state index in [-0.39, 0.29) is 5.97 Å². The highest BCUT2D eigenvalue weighted by Crippen LogP contribution is 2.30. The Labute approximate surface area is 91.4 Å². The number of fused-ring (bicyclic) bond motifs is 1. The van der Waals surface area contributed by atoms with E-state index in [1.54, 1.807) is 0 Å². The molecule has 1 aliphatic carbocycles. The van der Waals surface area contributed by atoms with Gasteiger partial charge in [0, 0.05) is 4.47 Å². The van der Waals surface area contributed by atoms with Gasteiger partial charge in [0.1, 0.15) is 0 Å². The number of aryl methyl sites for hydroxylation is 1. The van der Waals surface area contributed by atoms with Crippen LogP contribution in [0.2, 0.25) is 0 Å². The zero-order chi connectivity index (χ0) is 10.1. The van der Waals surface area contributed by atoms with Crippen molar-refractivity contribution in [3.8, 4) is 0 Å². The molecule has 0 bridgehead atoms. The number of rotatable bonds is 1. The first-order valence-electron chi connectivity index (χ1n) is 4.62. The molecule has 0 aliphatic heterocycles. The maximum Gasteiger partial charge on any atom is 0.337 e. The van der Waals surface area contributed by atoms with Crippen molar-refractivity contribution in [2.45, 2.75) is 19.3 Å². The highest BCUT2D eigenvalue weighted by molar-refractivity contribution is 9.10. The number of methoxy groups -OCH3 is 1. The molecular weight excluding hydrogens is 244 g/mol. The highest BCUT2D eigenvalue weighted by atomic mass is 79.9. The van der Waals surface area contributed by atoms with Crippen molar-refractivity contribution in [2.75, 3.05) is 7.11 Å². The van der Waals surface area contributed by atoms with E-state index in [1.165, 1.54) is 24.7 Å². The van der Waals surface area contributed by atoms with Crippen LogP contribution in [0.15, 0.2) is 16.6 Å². The maximum absolute atomic E-state index is 11.3. The first-order chi connectivity index (χ1) is 6.72. The third-order valence-corrected chi connectivity index (χ3v) is 3.29. The smallest absolute Gasteiger partial charge is 0.337 e. The molecule has 0 saturated heterocycles. The Morgan fingerprint density at radius 3 is 2.93 bits per heavy atom. The van der Waals surface area contributed by atoms with E-state index >= 15 is 0 Å². The molecule has 3 heteroatoms. The Morgan fingerprint density at radius 1 is 1.43 bits per heavy atom. The summed E-state index contributed by atoms with van der Waals surface area (Å²) >= 11 is 3.49. The highest BCUT2D eigenvalue weighted by Gasteiger charge is 2.17. The largest absolute Gasteiger partial charge is 0.465 e. The van der Waals surface area contributed by atoms with E-state index in [1.807, 2.05) is 12.1 Å². The molecule has 0 radical (unpaired) electrons. The first kappa shape index (κ1) is 9.71. The van der Waals surface area contributed by atoms with Crippen molar-refractivity contribution >= 4 is 21.9 Å². The van der Waals surface area contributed by atoms with Crippen molar-refractivity contribution in [3.05, 3.63) is 33.3 Å². The average Bonchev–Trinajstić information content (AvgIpc) is 2.64. The molecule has 0 N–H and O–H groups in total. The van der Waals surface area contributed by atoms with Crippen molar-refractivity contribution in [2.24, 2.45) is 0 Å². The molecule has 74 valence electrons. The second-order valence-electron chi connectivity index (χ2n) is 3.44. The summed E-state index contributed by atoms with van der Waals surface area (Å²) in [5, 5.41) is 0. The standard InChI is InChI=1S/C11H11BrO2/c1-14-11(13)8-5-7-3-2-4-9(7)10(12)6-8/h5-6H,2-4H2,1H3. The van der Waals surface area contributed by atoms with Crippen LogP contribution in [0, 0.1) is 0 Å². The van der Waals surface area contributed by atoms with Gasteiger partial charge in [-0.3, -0.25) is 0 Å². The first-order valence-corrected chi connectivity index (χ1v) is 5.41. The number of hydrogen-bond acceptors (Lipinski definition) is 2.